The van der Waals surface area contributed by atoms with Crippen LogP contribution in [0.3, 0.4) is 0 Å². The van der Waals surface area contributed by atoms with Gasteiger partial charge in [0.25, 0.3) is 0 Å². The van der Waals surface area contributed by atoms with E-state index in [-0.39, 0.29) is 12.3 Å². The lowest BCUT2D eigenvalue weighted by Gasteiger charge is -2.05. The van der Waals surface area contributed by atoms with E-state index in [2.05, 4.69) is 10.5 Å². The summed E-state index contributed by atoms with van der Waals surface area (Å²) in [5, 5.41) is 3.98. The van der Waals surface area contributed by atoms with Crippen molar-refractivity contribution in [2.75, 3.05) is 13.2 Å². The molecule has 126 valence electrons. The minimum absolute atomic E-state index is 0.170. The zero-order valence-corrected chi connectivity index (χ0v) is 14.0. The molecule has 24 heavy (non-hydrogen) atoms. The number of ether oxygens (including phenoxy) is 2. The van der Waals surface area contributed by atoms with E-state index < -0.39 is 0 Å². The van der Waals surface area contributed by atoms with E-state index in [1.165, 1.54) is 0 Å². The molecule has 0 saturated carbocycles. The number of hydrazone groups is 1. The van der Waals surface area contributed by atoms with Crippen LogP contribution in [0.5, 0.6) is 11.5 Å². The Bertz CT molecular complexity index is 681. The third-order valence-corrected chi connectivity index (χ3v) is 3.17. The third-order valence-electron chi connectivity index (χ3n) is 3.17. The van der Waals surface area contributed by atoms with Gasteiger partial charge in [0.1, 0.15) is 11.5 Å². The highest BCUT2D eigenvalue weighted by Gasteiger charge is 2.02. The molecular formula is C19H22N2O3. The van der Waals surface area contributed by atoms with Crippen LogP contribution in [0, 0.1) is 0 Å². The summed E-state index contributed by atoms with van der Waals surface area (Å²) in [4.78, 5) is 11.9. The van der Waals surface area contributed by atoms with Gasteiger partial charge in [-0.05, 0) is 49.2 Å². The van der Waals surface area contributed by atoms with Gasteiger partial charge in [-0.1, -0.05) is 24.3 Å². The van der Waals surface area contributed by atoms with Gasteiger partial charge in [0.05, 0.1) is 25.8 Å². The number of hydrogen-bond donors (Lipinski definition) is 1. The monoisotopic (exact) mass is 326 g/mol. The van der Waals surface area contributed by atoms with Crippen LogP contribution < -0.4 is 14.9 Å². The highest BCUT2D eigenvalue weighted by atomic mass is 16.5. The molecule has 0 aromatic heterocycles. The van der Waals surface area contributed by atoms with Crippen LogP contribution in [0.25, 0.3) is 0 Å². The number of nitrogens with zero attached hydrogens (tertiary/aromatic N) is 1. The van der Waals surface area contributed by atoms with Gasteiger partial charge >= 0.3 is 0 Å². The Balaban J connectivity index is 1.85. The first-order chi connectivity index (χ1) is 11.7. The van der Waals surface area contributed by atoms with Crippen LogP contribution in [0.15, 0.2) is 53.6 Å². The summed E-state index contributed by atoms with van der Waals surface area (Å²) in [5.74, 6) is 1.41. The van der Waals surface area contributed by atoms with Gasteiger partial charge in [0.15, 0.2) is 0 Å². The van der Waals surface area contributed by atoms with Gasteiger partial charge in [-0.2, -0.15) is 5.10 Å². The molecule has 2 rings (SSSR count). The summed E-state index contributed by atoms with van der Waals surface area (Å²) in [6.07, 6.45) is 1.86. The number of benzene rings is 2. The van der Waals surface area contributed by atoms with Crippen molar-refractivity contribution in [3.8, 4) is 11.5 Å². The van der Waals surface area contributed by atoms with Crippen LogP contribution in [-0.2, 0) is 11.2 Å². The highest BCUT2D eigenvalue weighted by molar-refractivity contribution is 5.83. The van der Waals surface area contributed by atoms with Gasteiger partial charge in [-0.3, -0.25) is 4.79 Å². The molecule has 0 saturated heterocycles. The summed E-state index contributed by atoms with van der Waals surface area (Å²) >= 11 is 0. The van der Waals surface area contributed by atoms with Crippen molar-refractivity contribution in [2.24, 2.45) is 5.10 Å². The van der Waals surface area contributed by atoms with Gasteiger partial charge in [0, 0.05) is 0 Å². The lowest BCUT2D eigenvalue weighted by molar-refractivity contribution is -0.120. The number of carbonyl (C=O) groups excluding carboxylic acids is 1. The fourth-order valence-electron chi connectivity index (χ4n) is 2.13. The van der Waals surface area contributed by atoms with E-state index in [1.54, 1.807) is 6.21 Å². The maximum absolute atomic E-state index is 11.9. The quantitative estimate of drug-likeness (QED) is 0.599. The van der Waals surface area contributed by atoms with Crippen molar-refractivity contribution in [3.05, 3.63) is 59.7 Å². The number of hydrogen-bond acceptors (Lipinski definition) is 4. The molecule has 0 aliphatic rings. The largest absolute Gasteiger partial charge is 0.494 e. The van der Waals surface area contributed by atoms with E-state index in [9.17, 15) is 4.79 Å². The van der Waals surface area contributed by atoms with Gasteiger partial charge in [0.2, 0.25) is 5.91 Å². The van der Waals surface area contributed by atoms with Crippen LogP contribution >= 0.6 is 0 Å². The normalized spacial score (nSPS) is 10.6. The fraction of sp³-hybridized carbons (Fsp3) is 0.263. The minimum Gasteiger partial charge on any atom is -0.494 e. The second kappa shape index (κ2) is 9.35. The van der Waals surface area contributed by atoms with Crippen LogP contribution in [0.2, 0.25) is 0 Å². The van der Waals surface area contributed by atoms with Gasteiger partial charge in [-0.25, -0.2) is 5.43 Å². The van der Waals surface area contributed by atoms with Crippen LogP contribution in [0.4, 0.5) is 0 Å². The van der Waals surface area contributed by atoms with Crippen molar-refractivity contribution in [3.63, 3.8) is 0 Å². The number of amides is 1. The maximum atomic E-state index is 11.9. The average Bonchev–Trinajstić information content (AvgIpc) is 2.58. The molecule has 5 nitrogen and oxygen atoms in total. The Morgan fingerprint density at radius 2 is 1.75 bits per heavy atom. The van der Waals surface area contributed by atoms with E-state index in [0.29, 0.717) is 13.2 Å². The first-order valence-electron chi connectivity index (χ1n) is 7.97. The zero-order valence-electron chi connectivity index (χ0n) is 14.0. The molecular weight excluding hydrogens is 304 g/mol. The summed E-state index contributed by atoms with van der Waals surface area (Å²) < 4.78 is 10.8. The first-order valence-corrected chi connectivity index (χ1v) is 7.97. The molecule has 0 unspecified atom stereocenters. The Morgan fingerprint density at radius 1 is 1.04 bits per heavy atom. The zero-order chi connectivity index (χ0) is 17.2. The van der Waals surface area contributed by atoms with Crippen molar-refractivity contribution in [1.29, 1.82) is 0 Å². The summed E-state index contributed by atoms with van der Waals surface area (Å²) in [5.41, 5.74) is 4.30. The minimum atomic E-state index is -0.170. The molecule has 0 aliphatic carbocycles. The molecule has 0 aliphatic heterocycles. The molecule has 1 N–H and O–H groups in total. The molecule has 1 amide bonds. The second-order valence-corrected chi connectivity index (χ2v) is 5.05. The SMILES string of the molecule is CCOc1ccc(CC(=O)N/N=C\c2cccc(OCC)c2)cc1. The smallest absolute Gasteiger partial charge is 0.244 e. The van der Waals surface area contributed by atoms with E-state index in [4.69, 9.17) is 9.47 Å². The van der Waals surface area contributed by atoms with E-state index >= 15 is 0 Å². The Hall–Kier alpha value is -2.82. The fourth-order valence-corrected chi connectivity index (χ4v) is 2.13. The predicted octanol–water partition coefficient (Wildman–Crippen LogP) is 3.18. The molecule has 2 aromatic carbocycles. The molecule has 0 radical (unpaired) electrons. The van der Waals surface area contributed by atoms with Gasteiger partial charge in [-0.15, -0.1) is 0 Å². The van der Waals surface area contributed by atoms with Crippen molar-refractivity contribution >= 4 is 12.1 Å². The second-order valence-electron chi connectivity index (χ2n) is 5.05. The van der Waals surface area contributed by atoms with Crippen LogP contribution in [-0.4, -0.2) is 25.3 Å². The molecule has 5 heteroatoms. The Morgan fingerprint density at radius 3 is 2.46 bits per heavy atom. The summed E-state index contributed by atoms with van der Waals surface area (Å²) in [7, 11) is 0. The molecule has 0 spiro atoms. The van der Waals surface area contributed by atoms with E-state index in [0.717, 1.165) is 22.6 Å². The van der Waals surface area contributed by atoms with Gasteiger partial charge < -0.3 is 9.47 Å². The molecule has 0 fully saturated rings. The lowest BCUT2D eigenvalue weighted by Crippen LogP contribution is -2.19. The molecule has 0 atom stereocenters. The standard InChI is InChI=1S/C19H22N2O3/c1-3-23-17-10-8-15(9-11-17)13-19(22)21-20-14-16-6-5-7-18(12-16)24-4-2/h5-12,14H,3-4,13H2,1-2H3,(H,21,22)/b20-14-. The highest BCUT2D eigenvalue weighted by Crippen LogP contribution is 2.13. The maximum Gasteiger partial charge on any atom is 0.244 e. The molecule has 2 aromatic rings. The Labute approximate surface area is 142 Å². The summed E-state index contributed by atoms with van der Waals surface area (Å²) in [6.45, 7) is 5.10. The predicted molar refractivity (Wildman–Crippen MR) is 94.7 cm³/mol. The average molecular weight is 326 g/mol. The number of carbonyl (C=O) groups is 1. The van der Waals surface area contributed by atoms with Crippen LogP contribution in [0.1, 0.15) is 25.0 Å². The Kier molecular flexibility index (Phi) is 6.83. The topological polar surface area (TPSA) is 59.9 Å². The lowest BCUT2D eigenvalue weighted by atomic mass is 10.1. The van der Waals surface area contributed by atoms with E-state index in [1.807, 2.05) is 62.4 Å². The number of nitrogens with one attached hydrogen (secondary N) is 1. The molecule has 0 bridgehead atoms. The number of rotatable bonds is 8. The third kappa shape index (κ3) is 5.76. The van der Waals surface area contributed by atoms with Crippen molar-refractivity contribution in [1.82, 2.24) is 5.43 Å². The molecule has 0 heterocycles. The summed E-state index contributed by atoms with van der Waals surface area (Å²) in [6, 6.07) is 15.0. The van der Waals surface area contributed by atoms with Crippen molar-refractivity contribution < 1.29 is 14.3 Å². The first kappa shape index (κ1) is 17.5. The van der Waals surface area contributed by atoms with Crippen molar-refractivity contribution in [2.45, 2.75) is 20.3 Å².